The second-order valence-corrected chi connectivity index (χ2v) is 5.16. The third-order valence-corrected chi connectivity index (χ3v) is 3.27. The van der Waals surface area contributed by atoms with Crippen LogP contribution >= 0.6 is 0 Å². The van der Waals surface area contributed by atoms with E-state index < -0.39 is 23.5 Å². The monoisotopic (exact) mass is 340 g/mol. The van der Waals surface area contributed by atoms with Crippen LogP contribution in [0.4, 0.5) is 0 Å². The number of aryl methyl sites for hydroxylation is 1. The number of esters is 2. The standard InChI is InChI=1S/C19H16O6/c1-13-7-9-15(10-8-13)17(21)19(23)25-12-11-24-18(22)16(20)14-5-3-2-4-6-14/h2-10H,11-12H2,1H3. The lowest BCUT2D eigenvalue weighted by Gasteiger charge is -2.06. The zero-order valence-corrected chi connectivity index (χ0v) is 13.6. The highest BCUT2D eigenvalue weighted by Crippen LogP contribution is 2.05. The summed E-state index contributed by atoms with van der Waals surface area (Å²) < 4.78 is 9.48. The Labute approximate surface area is 144 Å². The molecule has 2 aromatic rings. The topological polar surface area (TPSA) is 86.7 Å². The third-order valence-electron chi connectivity index (χ3n) is 3.27. The zero-order valence-electron chi connectivity index (χ0n) is 13.6. The van der Waals surface area contributed by atoms with Crippen LogP contribution in [0.15, 0.2) is 54.6 Å². The summed E-state index contributed by atoms with van der Waals surface area (Å²) in [6.07, 6.45) is 0. The summed E-state index contributed by atoms with van der Waals surface area (Å²) >= 11 is 0. The number of Topliss-reactive ketones (excluding diaryl/α,β-unsaturated/α-hetero) is 2. The molecule has 0 N–H and O–H groups in total. The van der Waals surface area contributed by atoms with Crippen LogP contribution in [-0.4, -0.2) is 36.7 Å². The van der Waals surface area contributed by atoms with Crippen LogP contribution in [-0.2, 0) is 19.1 Å². The predicted octanol–water partition coefficient (Wildman–Crippen LogP) is 2.15. The highest BCUT2D eigenvalue weighted by molar-refractivity contribution is 6.41. The molecule has 0 aliphatic carbocycles. The van der Waals surface area contributed by atoms with Gasteiger partial charge in [0.2, 0.25) is 0 Å². The lowest BCUT2D eigenvalue weighted by atomic mass is 10.1. The summed E-state index contributed by atoms with van der Waals surface area (Å²) in [5.74, 6) is -3.67. The largest absolute Gasteiger partial charge is 0.456 e. The Hall–Kier alpha value is -3.28. The molecule has 0 bridgehead atoms. The van der Waals surface area contributed by atoms with Gasteiger partial charge in [-0.3, -0.25) is 9.59 Å². The van der Waals surface area contributed by atoms with Gasteiger partial charge < -0.3 is 9.47 Å². The molecule has 0 amide bonds. The van der Waals surface area contributed by atoms with Crippen LogP contribution in [0.1, 0.15) is 26.3 Å². The van der Waals surface area contributed by atoms with Gasteiger partial charge in [0.25, 0.3) is 11.6 Å². The van der Waals surface area contributed by atoms with Gasteiger partial charge in [-0.25, -0.2) is 9.59 Å². The van der Waals surface area contributed by atoms with E-state index in [1.807, 2.05) is 6.92 Å². The first-order chi connectivity index (χ1) is 12.0. The quantitative estimate of drug-likeness (QED) is 0.332. The molecule has 0 aliphatic rings. The molecule has 25 heavy (non-hydrogen) atoms. The van der Waals surface area contributed by atoms with Gasteiger partial charge in [-0.1, -0.05) is 60.2 Å². The summed E-state index contributed by atoms with van der Waals surface area (Å²) in [6, 6.07) is 14.4. The smallest absolute Gasteiger partial charge is 0.379 e. The fourth-order valence-electron chi connectivity index (χ4n) is 1.93. The van der Waals surface area contributed by atoms with Crippen LogP contribution in [0.5, 0.6) is 0 Å². The van der Waals surface area contributed by atoms with Crippen molar-refractivity contribution in [1.29, 1.82) is 0 Å². The molecule has 0 saturated carbocycles. The van der Waals surface area contributed by atoms with E-state index in [1.165, 1.54) is 24.3 Å². The van der Waals surface area contributed by atoms with Crippen molar-refractivity contribution in [2.45, 2.75) is 6.92 Å². The summed E-state index contributed by atoms with van der Waals surface area (Å²) in [5, 5.41) is 0. The SMILES string of the molecule is Cc1ccc(C(=O)C(=O)OCCOC(=O)C(=O)c2ccccc2)cc1. The van der Waals surface area contributed by atoms with Crippen LogP contribution in [0, 0.1) is 6.92 Å². The number of hydrogen-bond donors (Lipinski definition) is 0. The average molecular weight is 340 g/mol. The van der Waals surface area contributed by atoms with E-state index in [4.69, 9.17) is 9.47 Å². The molecule has 0 heterocycles. The molecule has 0 aliphatic heterocycles. The first kappa shape index (κ1) is 18.1. The minimum atomic E-state index is -1.05. The molecule has 0 aromatic heterocycles. The van der Waals surface area contributed by atoms with Crippen molar-refractivity contribution in [3.8, 4) is 0 Å². The minimum Gasteiger partial charge on any atom is -0.456 e. The Morgan fingerprint density at radius 3 is 1.60 bits per heavy atom. The number of rotatable bonds is 7. The van der Waals surface area contributed by atoms with Crippen LogP contribution in [0.25, 0.3) is 0 Å². The molecule has 2 rings (SSSR count). The molecular formula is C19H16O6. The van der Waals surface area contributed by atoms with Crippen LogP contribution in [0.3, 0.4) is 0 Å². The van der Waals surface area contributed by atoms with Crippen molar-refractivity contribution >= 4 is 23.5 Å². The Balaban J connectivity index is 1.76. The Morgan fingerprint density at radius 2 is 1.12 bits per heavy atom. The van der Waals surface area contributed by atoms with Crippen molar-refractivity contribution in [2.75, 3.05) is 13.2 Å². The number of benzene rings is 2. The Kier molecular flexibility index (Phi) is 6.17. The normalized spacial score (nSPS) is 9.96. The van der Waals surface area contributed by atoms with Gasteiger partial charge in [-0.05, 0) is 6.92 Å². The van der Waals surface area contributed by atoms with Gasteiger partial charge >= 0.3 is 11.9 Å². The molecule has 0 unspecified atom stereocenters. The molecule has 6 heteroatoms. The van der Waals surface area contributed by atoms with E-state index in [-0.39, 0.29) is 24.3 Å². The molecule has 0 saturated heterocycles. The van der Waals surface area contributed by atoms with Gasteiger partial charge in [0, 0.05) is 11.1 Å². The zero-order chi connectivity index (χ0) is 18.2. The summed E-state index contributed by atoms with van der Waals surface area (Å²) in [7, 11) is 0. The van der Waals surface area contributed by atoms with Gasteiger partial charge in [0.1, 0.15) is 13.2 Å². The Morgan fingerprint density at radius 1 is 0.680 bits per heavy atom. The molecule has 0 atom stereocenters. The van der Waals surface area contributed by atoms with E-state index >= 15 is 0 Å². The molecule has 0 fully saturated rings. The van der Waals surface area contributed by atoms with Crippen LogP contribution < -0.4 is 0 Å². The molecule has 0 radical (unpaired) electrons. The fourth-order valence-corrected chi connectivity index (χ4v) is 1.93. The van der Waals surface area contributed by atoms with Crippen molar-refractivity contribution in [1.82, 2.24) is 0 Å². The second-order valence-electron chi connectivity index (χ2n) is 5.16. The second kappa shape index (κ2) is 8.54. The van der Waals surface area contributed by atoms with Crippen molar-refractivity contribution in [3.05, 3.63) is 71.3 Å². The maximum absolute atomic E-state index is 11.8. The molecule has 2 aromatic carbocycles. The van der Waals surface area contributed by atoms with Crippen molar-refractivity contribution < 1.29 is 28.7 Å². The van der Waals surface area contributed by atoms with E-state index in [0.717, 1.165) is 5.56 Å². The van der Waals surface area contributed by atoms with Crippen molar-refractivity contribution in [3.63, 3.8) is 0 Å². The van der Waals surface area contributed by atoms with E-state index in [9.17, 15) is 19.2 Å². The van der Waals surface area contributed by atoms with E-state index in [1.54, 1.807) is 30.3 Å². The van der Waals surface area contributed by atoms with E-state index in [0.29, 0.717) is 0 Å². The summed E-state index contributed by atoms with van der Waals surface area (Å²) in [5.41, 5.74) is 1.38. The fraction of sp³-hybridized carbons (Fsp3) is 0.158. The van der Waals surface area contributed by atoms with Gasteiger partial charge in [-0.15, -0.1) is 0 Å². The summed E-state index contributed by atoms with van der Waals surface area (Å²) in [6.45, 7) is 1.23. The number of carbonyl (C=O) groups excluding carboxylic acids is 4. The average Bonchev–Trinajstić information content (AvgIpc) is 2.65. The number of ketones is 2. The number of ether oxygens (including phenoxy) is 2. The van der Waals surface area contributed by atoms with Crippen molar-refractivity contribution in [2.24, 2.45) is 0 Å². The highest BCUT2D eigenvalue weighted by atomic mass is 16.6. The number of hydrogen-bond acceptors (Lipinski definition) is 6. The van der Waals surface area contributed by atoms with Crippen LogP contribution in [0.2, 0.25) is 0 Å². The maximum atomic E-state index is 11.8. The van der Waals surface area contributed by atoms with Gasteiger partial charge in [-0.2, -0.15) is 0 Å². The minimum absolute atomic E-state index is 0.207. The highest BCUT2D eigenvalue weighted by Gasteiger charge is 2.19. The molecule has 0 spiro atoms. The lowest BCUT2D eigenvalue weighted by Crippen LogP contribution is -2.23. The first-order valence-corrected chi connectivity index (χ1v) is 7.53. The Bertz CT molecular complexity index is 777. The number of carbonyl (C=O) groups is 4. The van der Waals surface area contributed by atoms with Gasteiger partial charge in [0.05, 0.1) is 0 Å². The summed E-state index contributed by atoms with van der Waals surface area (Å²) in [4.78, 5) is 46.8. The third kappa shape index (κ3) is 5.10. The first-order valence-electron chi connectivity index (χ1n) is 7.53. The maximum Gasteiger partial charge on any atom is 0.379 e. The predicted molar refractivity (Wildman–Crippen MR) is 88.2 cm³/mol. The van der Waals surface area contributed by atoms with E-state index in [2.05, 4.69) is 0 Å². The molecule has 128 valence electrons. The lowest BCUT2D eigenvalue weighted by molar-refractivity contribution is -0.146. The van der Waals surface area contributed by atoms with Gasteiger partial charge in [0.15, 0.2) is 0 Å². The molecule has 6 nitrogen and oxygen atoms in total. The molecular weight excluding hydrogens is 324 g/mol.